The first-order chi connectivity index (χ1) is 8.08. The average molecular weight is 293 g/mol. The highest BCUT2D eigenvalue weighted by Crippen LogP contribution is 2.19. The zero-order chi connectivity index (χ0) is 12.4. The van der Waals surface area contributed by atoms with E-state index in [0.717, 1.165) is 18.7 Å². The van der Waals surface area contributed by atoms with Crippen molar-refractivity contribution in [2.75, 3.05) is 13.1 Å². The summed E-state index contributed by atoms with van der Waals surface area (Å²) in [5, 5.41) is 3.87. The molecule has 0 bridgehead atoms. The van der Waals surface area contributed by atoms with Crippen molar-refractivity contribution in [1.29, 1.82) is 0 Å². The summed E-state index contributed by atoms with van der Waals surface area (Å²) < 4.78 is 13.7. The first-order valence-electron chi connectivity index (χ1n) is 5.99. The minimum Gasteiger partial charge on any atom is -0.311 e. The van der Waals surface area contributed by atoms with Gasteiger partial charge >= 0.3 is 0 Å². The van der Waals surface area contributed by atoms with E-state index in [2.05, 4.69) is 24.1 Å². The van der Waals surface area contributed by atoms with Crippen molar-refractivity contribution in [3.05, 3.63) is 34.6 Å². The lowest BCUT2D eigenvalue weighted by molar-refractivity contribution is 0.129. The fourth-order valence-electron chi connectivity index (χ4n) is 2.22. The van der Waals surface area contributed by atoms with Gasteiger partial charge in [0, 0.05) is 42.3 Å². The Hall–Kier alpha value is -0.350. The first kappa shape index (κ1) is 15.7. The van der Waals surface area contributed by atoms with E-state index < -0.39 is 0 Å². The molecule has 0 amide bonds. The van der Waals surface area contributed by atoms with Gasteiger partial charge in [0.15, 0.2) is 0 Å². The number of piperazine rings is 1. The Labute approximate surface area is 119 Å². The molecule has 1 fully saturated rings. The Bertz CT molecular complexity index is 401. The van der Waals surface area contributed by atoms with Gasteiger partial charge < -0.3 is 5.32 Å². The smallest absolute Gasteiger partial charge is 0.129 e. The molecular weight excluding hydrogens is 274 g/mol. The minimum atomic E-state index is -0.212. The Morgan fingerprint density at radius 3 is 2.83 bits per heavy atom. The zero-order valence-electron chi connectivity index (χ0n) is 10.6. The number of rotatable bonds is 2. The van der Waals surface area contributed by atoms with Gasteiger partial charge in [0.05, 0.1) is 0 Å². The van der Waals surface area contributed by atoms with Gasteiger partial charge in [0.1, 0.15) is 5.82 Å². The number of benzene rings is 1. The fourth-order valence-corrected chi connectivity index (χ4v) is 2.38. The van der Waals surface area contributed by atoms with Gasteiger partial charge in [0.25, 0.3) is 0 Å². The van der Waals surface area contributed by atoms with Gasteiger partial charge in [0.2, 0.25) is 0 Å². The molecule has 2 rings (SSSR count). The van der Waals surface area contributed by atoms with Crippen LogP contribution in [0.4, 0.5) is 4.39 Å². The SMILES string of the molecule is CC1NCCN(Cc2ccc(Cl)cc2F)C1C.Cl. The van der Waals surface area contributed by atoms with E-state index >= 15 is 0 Å². The molecule has 0 aromatic heterocycles. The highest BCUT2D eigenvalue weighted by atomic mass is 35.5. The van der Waals surface area contributed by atoms with E-state index in [-0.39, 0.29) is 18.2 Å². The van der Waals surface area contributed by atoms with Crippen molar-refractivity contribution >= 4 is 24.0 Å². The molecule has 2 nitrogen and oxygen atoms in total. The largest absolute Gasteiger partial charge is 0.311 e. The number of hydrogen-bond donors (Lipinski definition) is 1. The van der Waals surface area contributed by atoms with E-state index in [1.54, 1.807) is 12.1 Å². The van der Waals surface area contributed by atoms with Gasteiger partial charge in [-0.3, -0.25) is 4.90 Å². The van der Waals surface area contributed by atoms with Crippen molar-refractivity contribution in [1.82, 2.24) is 10.2 Å². The van der Waals surface area contributed by atoms with Crippen LogP contribution in [0.15, 0.2) is 18.2 Å². The maximum absolute atomic E-state index is 13.7. The van der Waals surface area contributed by atoms with Gasteiger partial charge in [-0.2, -0.15) is 0 Å². The maximum Gasteiger partial charge on any atom is 0.129 e. The Morgan fingerprint density at radius 2 is 2.17 bits per heavy atom. The maximum atomic E-state index is 13.7. The molecule has 1 aliphatic heterocycles. The van der Waals surface area contributed by atoms with Crippen molar-refractivity contribution in [3.8, 4) is 0 Å². The second-order valence-electron chi connectivity index (χ2n) is 4.69. The van der Waals surface area contributed by atoms with Crippen LogP contribution in [-0.4, -0.2) is 30.1 Å². The van der Waals surface area contributed by atoms with Crippen LogP contribution in [0.1, 0.15) is 19.4 Å². The molecule has 1 aliphatic rings. The van der Waals surface area contributed by atoms with E-state index in [1.165, 1.54) is 6.07 Å². The van der Waals surface area contributed by atoms with Crippen LogP contribution in [0.25, 0.3) is 0 Å². The number of nitrogens with one attached hydrogen (secondary N) is 1. The Kier molecular flexibility index (Phi) is 5.86. The summed E-state index contributed by atoms with van der Waals surface area (Å²) in [5.74, 6) is -0.212. The van der Waals surface area contributed by atoms with Crippen LogP contribution in [0.5, 0.6) is 0 Å². The molecule has 1 aromatic carbocycles. The highest BCUT2D eigenvalue weighted by molar-refractivity contribution is 6.30. The molecule has 1 saturated heterocycles. The fraction of sp³-hybridized carbons (Fsp3) is 0.538. The normalized spacial score (nSPS) is 24.7. The molecular formula is C13H19Cl2FN2. The predicted octanol–water partition coefficient (Wildman–Crippen LogP) is 3.08. The number of hydrogen-bond acceptors (Lipinski definition) is 2. The molecule has 1 aromatic rings. The quantitative estimate of drug-likeness (QED) is 0.901. The van der Waals surface area contributed by atoms with E-state index in [1.807, 2.05) is 0 Å². The van der Waals surface area contributed by atoms with Crippen LogP contribution < -0.4 is 5.32 Å². The summed E-state index contributed by atoms with van der Waals surface area (Å²) in [5.41, 5.74) is 0.718. The Morgan fingerprint density at radius 1 is 1.44 bits per heavy atom. The average Bonchev–Trinajstić information content (AvgIpc) is 2.28. The molecule has 18 heavy (non-hydrogen) atoms. The lowest BCUT2D eigenvalue weighted by Crippen LogP contribution is -2.54. The molecule has 1 heterocycles. The molecule has 0 aliphatic carbocycles. The molecule has 0 spiro atoms. The molecule has 0 saturated carbocycles. The van der Waals surface area contributed by atoms with Crippen LogP contribution in [0, 0.1) is 5.82 Å². The summed E-state index contributed by atoms with van der Waals surface area (Å²) in [6, 6.07) is 5.76. The molecule has 2 unspecified atom stereocenters. The number of halogens is 3. The van der Waals surface area contributed by atoms with Gasteiger partial charge in [-0.25, -0.2) is 4.39 Å². The second-order valence-corrected chi connectivity index (χ2v) is 5.13. The van der Waals surface area contributed by atoms with Gasteiger partial charge in [-0.15, -0.1) is 12.4 Å². The van der Waals surface area contributed by atoms with Crippen LogP contribution in [0.2, 0.25) is 5.02 Å². The second kappa shape index (κ2) is 6.71. The topological polar surface area (TPSA) is 15.3 Å². The number of nitrogens with zero attached hydrogens (tertiary/aromatic N) is 1. The molecule has 102 valence electrons. The van der Waals surface area contributed by atoms with E-state index in [0.29, 0.717) is 23.7 Å². The zero-order valence-corrected chi connectivity index (χ0v) is 12.2. The summed E-state index contributed by atoms with van der Waals surface area (Å²) in [7, 11) is 0. The third-order valence-electron chi connectivity index (χ3n) is 3.55. The highest BCUT2D eigenvalue weighted by Gasteiger charge is 2.24. The van der Waals surface area contributed by atoms with Crippen molar-refractivity contribution in [3.63, 3.8) is 0 Å². The Balaban J connectivity index is 0.00000162. The van der Waals surface area contributed by atoms with E-state index in [4.69, 9.17) is 11.6 Å². The van der Waals surface area contributed by atoms with Crippen LogP contribution in [0.3, 0.4) is 0 Å². The van der Waals surface area contributed by atoms with Crippen molar-refractivity contribution in [2.45, 2.75) is 32.5 Å². The summed E-state index contributed by atoms with van der Waals surface area (Å²) in [4.78, 5) is 2.30. The third kappa shape index (κ3) is 3.58. The first-order valence-corrected chi connectivity index (χ1v) is 6.37. The summed E-state index contributed by atoms with van der Waals surface area (Å²) >= 11 is 5.75. The van der Waals surface area contributed by atoms with Crippen LogP contribution in [-0.2, 0) is 6.54 Å². The lowest BCUT2D eigenvalue weighted by atomic mass is 10.1. The van der Waals surface area contributed by atoms with Crippen molar-refractivity contribution in [2.24, 2.45) is 0 Å². The van der Waals surface area contributed by atoms with Gasteiger partial charge in [-0.05, 0) is 26.0 Å². The molecule has 1 N–H and O–H groups in total. The standard InChI is InChI=1S/C13H18ClFN2.ClH/c1-9-10(2)17(6-5-16-9)8-11-3-4-12(14)7-13(11)15;/h3-4,7,9-10,16H,5-6,8H2,1-2H3;1H. The van der Waals surface area contributed by atoms with Crippen LogP contribution >= 0.6 is 24.0 Å². The predicted molar refractivity (Wildman–Crippen MR) is 76.0 cm³/mol. The minimum absolute atomic E-state index is 0. The molecule has 2 atom stereocenters. The molecule has 5 heteroatoms. The summed E-state index contributed by atoms with van der Waals surface area (Å²) in [6.07, 6.45) is 0. The molecule has 0 radical (unpaired) electrons. The van der Waals surface area contributed by atoms with Gasteiger partial charge in [-0.1, -0.05) is 17.7 Å². The lowest BCUT2D eigenvalue weighted by Gasteiger charge is -2.38. The van der Waals surface area contributed by atoms with E-state index in [9.17, 15) is 4.39 Å². The summed E-state index contributed by atoms with van der Waals surface area (Å²) in [6.45, 7) is 6.89. The monoisotopic (exact) mass is 292 g/mol. The van der Waals surface area contributed by atoms with Crippen molar-refractivity contribution < 1.29 is 4.39 Å². The third-order valence-corrected chi connectivity index (χ3v) is 3.79.